The first-order chi connectivity index (χ1) is 9.65. The lowest BCUT2D eigenvalue weighted by molar-refractivity contribution is -0.135. The molecule has 1 aromatic carbocycles. The number of cyclic esters (lactones) is 2. The van der Waals surface area contributed by atoms with E-state index in [9.17, 15) is 14.4 Å². The maximum absolute atomic E-state index is 11.5. The highest BCUT2D eigenvalue weighted by atomic mass is 32.2. The Kier molecular flexibility index (Phi) is 5.00. The van der Waals surface area contributed by atoms with E-state index >= 15 is 0 Å². The number of alkyl carbamates (subject to hydrolysis) is 1. The van der Waals surface area contributed by atoms with E-state index in [0.29, 0.717) is 12.2 Å². The van der Waals surface area contributed by atoms with Crippen molar-refractivity contribution in [2.45, 2.75) is 19.1 Å². The molecule has 1 heterocycles. The van der Waals surface area contributed by atoms with Gasteiger partial charge in [0.1, 0.15) is 12.6 Å². The van der Waals surface area contributed by atoms with Crippen molar-refractivity contribution < 1.29 is 23.9 Å². The molecule has 0 saturated carbocycles. The SMILES string of the molecule is O=C1NC(CCSC(=O)OCc2ccccc2)C(=O)O1. The van der Waals surface area contributed by atoms with Crippen molar-refractivity contribution in [3.8, 4) is 0 Å². The van der Waals surface area contributed by atoms with Gasteiger partial charge in [0.05, 0.1) is 0 Å². The molecule has 0 radical (unpaired) electrons. The van der Waals surface area contributed by atoms with Crippen LogP contribution in [0.15, 0.2) is 30.3 Å². The van der Waals surface area contributed by atoms with Crippen LogP contribution < -0.4 is 5.32 Å². The number of ether oxygens (including phenoxy) is 2. The van der Waals surface area contributed by atoms with Gasteiger partial charge in [-0.15, -0.1) is 0 Å². The molecule has 1 unspecified atom stereocenters. The van der Waals surface area contributed by atoms with Crippen molar-refractivity contribution in [3.05, 3.63) is 35.9 Å². The van der Waals surface area contributed by atoms with Gasteiger partial charge in [0.2, 0.25) is 0 Å². The zero-order valence-electron chi connectivity index (χ0n) is 10.5. The molecule has 1 aliphatic heterocycles. The molecule has 1 amide bonds. The van der Waals surface area contributed by atoms with Crippen LogP contribution in [0.25, 0.3) is 0 Å². The second kappa shape index (κ2) is 6.95. The van der Waals surface area contributed by atoms with Gasteiger partial charge < -0.3 is 14.8 Å². The highest BCUT2D eigenvalue weighted by molar-refractivity contribution is 8.13. The fourth-order valence-corrected chi connectivity index (χ4v) is 2.26. The standard InChI is InChI=1S/C13H13NO5S/c15-11-10(14-12(16)19-11)6-7-20-13(17)18-8-9-4-2-1-3-5-9/h1-5,10H,6-8H2,(H,14,16). The monoisotopic (exact) mass is 295 g/mol. The minimum Gasteiger partial charge on any atom is -0.453 e. The normalized spacial score (nSPS) is 17.5. The maximum atomic E-state index is 11.5. The molecule has 20 heavy (non-hydrogen) atoms. The molecule has 106 valence electrons. The number of carbonyl (C=O) groups is 3. The van der Waals surface area contributed by atoms with Crippen LogP contribution in [0, 0.1) is 0 Å². The molecule has 2 rings (SSSR count). The van der Waals surface area contributed by atoms with Gasteiger partial charge in [-0.1, -0.05) is 30.3 Å². The van der Waals surface area contributed by atoms with Crippen LogP contribution >= 0.6 is 11.8 Å². The lowest BCUT2D eigenvalue weighted by atomic mass is 10.2. The first-order valence-corrected chi connectivity index (χ1v) is 6.99. The predicted octanol–water partition coefficient (Wildman–Crippen LogP) is 2.08. The van der Waals surface area contributed by atoms with Gasteiger partial charge in [-0.2, -0.15) is 0 Å². The van der Waals surface area contributed by atoms with Crippen molar-refractivity contribution in [1.29, 1.82) is 0 Å². The Hall–Kier alpha value is -2.02. The average molecular weight is 295 g/mol. The minimum atomic E-state index is -0.739. The summed E-state index contributed by atoms with van der Waals surface area (Å²) in [6.07, 6.45) is -0.410. The number of hydrogen-bond acceptors (Lipinski definition) is 6. The average Bonchev–Trinajstić information content (AvgIpc) is 2.76. The molecular formula is C13H13NO5S. The molecule has 0 bridgehead atoms. The third-order valence-corrected chi connectivity index (χ3v) is 3.39. The number of carbonyl (C=O) groups excluding carboxylic acids is 3. The van der Waals surface area contributed by atoms with E-state index < -0.39 is 23.4 Å². The Bertz CT molecular complexity index is 505. The molecule has 0 spiro atoms. The van der Waals surface area contributed by atoms with E-state index in [1.54, 1.807) is 0 Å². The molecule has 0 aromatic heterocycles. The van der Waals surface area contributed by atoms with Gasteiger partial charge in [0, 0.05) is 5.75 Å². The molecule has 1 aliphatic rings. The number of amides is 1. The summed E-state index contributed by atoms with van der Waals surface area (Å²) >= 11 is 0.966. The minimum absolute atomic E-state index is 0.217. The van der Waals surface area contributed by atoms with Crippen LogP contribution in [-0.4, -0.2) is 29.2 Å². The van der Waals surface area contributed by atoms with Gasteiger partial charge in [-0.25, -0.2) is 14.4 Å². The van der Waals surface area contributed by atoms with Crippen LogP contribution in [0.3, 0.4) is 0 Å². The van der Waals surface area contributed by atoms with Gasteiger partial charge in [0.15, 0.2) is 0 Å². The van der Waals surface area contributed by atoms with E-state index in [4.69, 9.17) is 4.74 Å². The quantitative estimate of drug-likeness (QED) is 0.661. The number of benzene rings is 1. The number of esters is 1. The summed E-state index contributed by atoms with van der Waals surface area (Å²) in [6, 6.07) is 8.67. The predicted molar refractivity (Wildman–Crippen MR) is 72.1 cm³/mol. The zero-order chi connectivity index (χ0) is 14.4. The van der Waals surface area contributed by atoms with E-state index in [2.05, 4.69) is 10.1 Å². The van der Waals surface area contributed by atoms with Gasteiger partial charge in [-0.3, -0.25) is 0 Å². The highest BCUT2D eigenvalue weighted by Crippen LogP contribution is 2.13. The molecule has 7 heteroatoms. The van der Waals surface area contributed by atoms with Gasteiger partial charge in [0.25, 0.3) is 0 Å². The fourth-order valence-electron chi connectivity index (χ4n) is 1.60. The summed E-state index contributed by atoms with van der Waals surface area (Å²) in [6.45, 7) is 0.217. The molecule has 1 N–H and O–H groups in total. The molecule has 0 aliphatic carbocycles. The van der Waals surface area contributed by atoms with E-state index in [1.807, 2.05) is 30.3 Å². The topological polar surface area (TPSA) is 81.7 Å². The lowest BCUT2D eigenvalue weighted by Gasteiger charge is -2.06. The van der Waals surface area contributed by atoms with E-state index in [0.717, 1.165) is 17.3 Å². The summed E-state index contributed by atoms with van der Waals surface area (Å²) in [5.74, 6) is -0.235. The van der Waals surface area contributed by atoms with Crippen LogP contribution in [-0.2, 0) is 20.9 Å². The molecular weight excluding hydrogens is 282 g/mol. The Morgan fingerprint density at radius 2 is 2.05 bits per heavy atom. The summed E-state index contributed by atoms with van der Waals surface area (Å²) in [5, 5.41) is 1.95. The number of hydrogen-bond donors (Lipinski definition) is 1. The summed E-state index contributed by atoms with van der Waals surface area (Å²) in [7, 11) is 0. The molecule has 1 atom stereocenters. The smallest absolute Gasteiger partial charge is 0.415 e. The molecule has 6 nitrogen and oxygen atoms in total. The first kappa shape index (κ1) is 14.4. The van der Waals surface area contributed by atoms with Crippen molar-refractivity contribution in [1.82, 2.24) is 5.32 Å². The van der Waals surface area contributed by atoms with Crippen LogP contribution in [0.4, 0.5) is 9.59 Å². The Labute approximate surface area is 119 Å². The van der Waals surface area contributed by atoms with E-state index in [1.165, 1.54) is 0 Å². The number of thioether (sulfide) groups is 1. The number of rotatable bonds is 5. The highest BCUT2D eigenvalue weighted by Gasteiger charge is 2.31. The first-order valence-electron chi connectivity index (χ1n) is 6.01. The van der Waals surface area contributed by atoms with Gasteiger partial charge >= 0.3 is 17.4 Å². The Balaban J connectivity index is 1.63. The van der Waals surface area contributed by atoms with Crippen molar-refractivity contribution in [2.24, 2.45) is 0 Å². The Morgan fingerprint density at radius 3 is 2.70 bits per heavy atom. The lowest BCUT2D eigenvalue weighted by Crippen LogP contribution is -2.29. The fraction of sp³-hybridized carbons (Fsp3) is 0.308. The second-order valence-electron chi connectivity index (χ2n) is 4.07. The van der Waals surface area contributed by atoms with E-state index in [-0.39, 0.29) is 6.61 Å². The van der Waals surface area contributed by atoms with Gasteiger partial charge in [-0.05, 0) is 23.7 Å². The van der Waals surface area contributed by atoms with Crippen molar-refractivity contribution in [2.75, 3.05) is 5.75 Å². The molecule has 1 aromatic rings. The summed E-state index contributed by atoms with van der Waals surface area (Å²) in [4.78, 5) is 33.4. The summed E-state index contributed by atoms with van der Waals surface area (Å²) in [5.41, 5.74) is 0.910. The van der Waals surface area contributed by atoms with Crippen LogP contribution in [0.2, 0.25) is 0 Å². The third-order valence-electron chi connectivity index (χ3n) is 2.60. The zero-order valence-corrected chi connectivity index (χ0v) is 11.4. The molecule has 1 saturated heterocycles. The van der Waals surface area contributed by atoms with Crippen LogP contribution in [0.1, 0.15) is 12.0 Å². The third kappa shape index (κ3) is 4.27. The maximum Gasteiger partial charge on any atom is 0.415 e. The number of nitrogens with one attached hydrogen (secondary N) is 1. The largest absolute Gasteiger partial charge is 0.453 e. The van der Waals surface area contributed by atoms with Crippen LogP contribution in [0.5, 0.6) is 0 Å². The van der Waals surface area contributed by atoms with Crippen molar-refractivity contribution >= 4 is 29.1 Å². The second-order valence-corrected chi connectivity index (χ2v) is 5.10. The molecule has 1 fully saturated rings. The Morgan fingerprint density at radius 1 is 1.30 bits per heavy atom. The summed E-state index contributed by atoms with van der Waals surface area (Å²) < 4.78 is 9.38. The van der Waals surface area contributed by atoms with Crippen molar-refractivity contribution in [3.63, 3.8) is 0 Å².